The van der Waals surface area contributed by atoms with E-state index in [1.165, 1.54) is 0 Å². The van der Waals surface area contributed by atoms with Crippen LogP contribution in [0.3, 0.4) is 0 Å². The zero-order chi connectivity index (χ0) is 14.5. The fourth-order valence-corrected chi connectivity index (χ4v) is 2.55. The van der Waals surface area contributed by atoms with Gasteiger partial charge in [-0.05, 0) is 35.6 Å². The van der Waals surface area contributed by atoms with Crippen molar-refractivity contribution >= 4 is 29.1 Å². The molecule has 0 heterocycles. The highest BCUT2D eigenvalue weighted by Gasteiger charge is 2.15. The maximum Gasteiger partial charge on any atom is 0.218 e. The van der Waals surface area contributed by atoms with Gasteiger partial charge < -0.3 is 5.73 Å². The van der Waals surface area contributed by atoms with Crippen LogP contribution in [-0.2, 0) is 11.2 Å². The summed E-state index contributed by atoms with van der Waals surface area (Å²) in [6.45, 7) is 0. The number of benzene rings is 2. The van der Waals surface area contributed by atoms with Crippen LogP contribution in [0.1, 0.15) is 23.5 Å². The molecule has 104 valence electrons. The van der Waals surface area contributed by atoms with Gasteiger partial charge in [0.05, 0.1) is 10.0 Å². The van der Waals surface area contributed by atoms with Crippen molar-refractivity contribution in [3.63, 3.8) is 0 Å². The van der Waals surface area contributed by atoms with Gasteiger partial charge in [0, 0.05) is 6.42 Å². The Morgan fingerprint density at radius 2 is 1.75 bits per heavy atom. The normalized spacial score (nSPS) is 12.1. The Labute approximate surface area is 128 Å². The van der Waals surface area contributed by atoms with E-state index in [9.17, 15) is 4.79 Å². The first-order valence-electron chi connectivity index (χ1n) is 6.33. The van der Waals surface area contributed by atoms with Gasteiger partial charge in [-0.1, -0.05) is 59.6 Å². The van der Waals surface area contributed by atoms with Crippen molar-refractivity contribution in [1.82, 2.24) is 0 Å². The lowest BCUT2D eigenvalue weighted by molar-refractivity contribution is -0.118. The molecule has 0 aliphatic heterocycles. The van der Waals surface area contributed by atoms with Crippen LogP contribution >= 0.6 is 23.2 Å². The predicted molar refractivity (Wildman–Crippen MR) is 83.2 cm³/mol. The van der Waals surface area contributed by atoms with Crippen molar-refractivity contribution in [2.45, 2.75) is 18.8 Å². The first kappa shape index (κ1) is 14.9. The molecule has 0 fully saturated rings. The second-order valence-electron chi connectivity index (χ2n) is 4.73. The van der Waals surface area contributed by atoms with Gasteiger partial charge in [0.15, 0.2) is 0 Å². The average Bonchev–Trinajstić information content (AvgIpc) is 2.43. The first-order chi connectivity index (χ1) is 9.56. The molecule has 2 aromatic rings. The summed E-state index contributed by atoms with van der Waals surface area (Å²) >= 11 is 11.9. The largest absolute Gasteiger partial charge is 0.370 e. The number of primary amides is 1. The van der Waals surface area contributed by atoms with Gasteiger partial charge in [0.2, 0.25) is 5.91 Å². The molecule has 2 N–H and O–H groups in total. The number of amides is 1. The lowest BCUT2D eigenvalue weighted by Crippen LogP contribution is -2.16. The third kappa shape index (κ3) is 3.99. The van der Waals surface area contributed by atoms with Crippen LogP contribution < -0.4 is 5.73 Å². The summed E-state index contributed by atoms with van der Waals surface area (Å²) in [4.78, 5) is 11.3. The predicted octanol–water partition coefficient (Wildman–Crippen LogP) is 4.20. The smallest absolute Gasteiger partial charge is 0.218 e. The number of nitrogens with two attached hydrogens (primary N) is 1. The lowest BCUT2D eigenvalue weighted by atomic mass is 9.89. The number of hydrogen-bond donors (Lipinski definition) is 1. The molecule has 1 atom stereocenters. The summed E-state index contributed by atoms with van der Waals surface area (Å²) in [6.07, 6.45) is 1.01. The van der Waals surface area contributed by atoms with Gasteiger partial charge >= 0.3 is 0 Å². The van der Waals surface area contributed by atoms with E-state index < -0.39 is 0 Å². The van der Waals surface area contributed by atoms with Gasteiger partial charge in [-0.2, -0.15) is 0 Å². The molecule has 4 heteroatoms. The van der Waals surface area contributed by atoms with Crippen LogP contribution in [0.2, 0.25) is 10.0 Å². The SMILES string of the molecule is NC(=O)CC(Cc1ccc(Cl)c(Cl)c1)c1ccccc1. The van der Waals surface area contributed by atoms with Gasteiger partial charge in [-0.3, -0.25) is 4.79 Å². The molecule has 0 saturated heterocycles. The van der Waals surface area contributed by atoms with E-state index in [-0.39, 0.29) is 11.8 Å². The molecular formula is C16H15Cl2NO. The Balaban J connectivity index is 2.23. The highest BCUT2D eigenvalue weighted by molar-refractivity contribution is 6.42. The van der Waals surface area contributed by atoms with Gasteiger partial charge in [0.25, 0.3) is 0 Å². The minimum absolute atomic E-state index is 0.0472. The van der Waals surface area contributed by atoms with Crippen molar-refractivity contribution in [3.8, 4) is 0 Å². The molecule has 0 saturated carbocycles. The molecule has 0 bridgehead atoms. The van der Waals surface area contributed by atoms with Crippen LogP contribution in [0.4, 0.5) is 0 Å². The summed E-state index contributed by atoms with van der Waals surface area (Å²) in [5.41, 5.74) is 7.48. The Kier molecular flexibility index (Phi) is 5.05. The molecule has 0 aliphatic rings. The third-order valence-electron chi connectivity index (χ3n) is 3.18. The summed E-state index contributed by atoms with van der Waals surface area (Å²) in [5, 5.41) is 1.05. The standard InChI is InChI=1S/C16H15Cl2NO/c17-14-7-6-11(9-15(14)18)8-13(10-16(19)20)12-4-2-1-3-5-12/h1-7,9,13H,8,10H2,(H2,19,20). The van der Waals surface area contributed by atoms with Gasteiger partial charge in [-0.25, -0.2) is 0 Å². The average molecular weight is 308 g/mol. The minimum Gasteiger partial charge on any atom is -0.370 e. The van der Waals surface area contributed by atoms with Gasteiger partial charge in [-0.15, -0.1) is 0 Å². The second kappa shape index (κ2) is 6.78. The number of carbonyl (C=O) groups excluding carboxylic acids is 1. The Bertz CT molecular complexity index is 599. The molecule has 20 heavy (non-hydrogen) atoms. The zero-order valence-corrected chi connectivity index (χ0v) is 12.4. The van der Waals surface area contributed by atoms with Crippen molar-refractivity contribution in [3.05, 3.63) is 69.7 Å². The Hall–Kier alpha value is -1.51. The molecule has 2 aromatic carbocycles. The molecule has 1 amide bonds. The molecule has 1 unspecified atom stereocenters. The third-order valence-corrected chi connectivity index (χ3v) is 3.92. The van der Waals surface area contributed by atoms with Crippen LogP contribution in [0.15, 0.2) is 48.5 Å². The van der Waals surface area contributed by atoms with E-state index in [2.05, 4.69) is 0 Å². The van der Waals surface area contributed by atoms with E-state index >= 15 is 0 Å². The van der Waals surface area contributed by atoms with Gasteiger partial charge in [0.1, 0.15) is 0 Å². The molecule has 2 nitrogen and oxygen atoms in total. The van der Waals surface area contributed by atoms with Crippen molar-refractivity contribution in [2.75, 3.05) is 0 Å². The van der Waals surface area contributed by atoms with Crippen molar-refractivity contribution < 1.29 is 4.79 Å². The van der Waals surface area contributed by atoms with Crippen LogP contribution in [0, 0.1) is 0 Å². The minimum atomic E-state index is -0.307. The van der Waals surface area contributed by atoms with E-state index in [0.717, 1.165) is 11.1 Å². The van der Waals surface area contributed by atoms with Crippen molar-refractivity contribution in [2.24, 2.45) is 5.73 Å². The molecular weight excluding hydrogens is 293 g/mol. The lowest BCUT2D eigenvalue weighted by Gasteiger charge is -2.16. The molecule has 2 rings (SSSR count). The number of halogens is 2. The van der Waals surface area contributed by atoms with Crippen LogP contribution in [0.5, 0.6) is 0 Å². The zero-order valence-electron chi connectivity index (χ0n) is 10.9. The first-order valence-corrected chi connectivity index (χ1v) is 7.09. The molecule has 0 spiro atoms. The summed E-state index contributed by atoms with van der Waals surface area (Å²) in [5.74, 6) is -0.259. The molecule has 0 radical (unpaired) electrons. The van der Waals surface area contributed by atoms with E-state index in [1.807, 2.05) is 42.5 Å². The Morgan fingerprint density at radius 3 is 2.35 bits per heavy atom. The van der Waals surface area contributed by atoms with Crippen LogP contribution in [-0.4, -0.2) is 5.91 Å². The molecule has 0 aromatic heterocycles. The monoisotopic (exact) mass is 307 g/mol. The maximum absolute atomic E-state index is 11.3. The van der Waals surface area contributed by atoms with Crippen LogP contribution in [0.25, 0.3) is 0 Å². The quantitative estimate of drug-likeness (QED) is 0.884. The maximum atomic E-state index is 11.3. The number of carbonyl (C=O) groups is 1. The highest BCUT2D eigenvalue weighted by atomic mass is 35.5. The van der Waals surface area contributed by atoms with E-state index in [0.29, 0.717) is 22.9 Å². The summed E-state index contributed by atoms with van der Waals surface area (Å²) in [6, 6.07) is 15.4. The summed E-state index contributed by atoms with van der Waals surface area (Å²) in [7, 11) is 0. The fraction of sp³-hybridized carbons (Fsp3) is 0.188. The fourth-order valence-electron chi connectivity index (χ4n) is 2.23. The molecule has 0 aliphatic carbocycles. The van der Waals surface area contributed by atoms with E-state index in [4.69, 9.17) is 28.9 Å². The Morgan fingerprint density at radius 1 is 1.05 bits per heavy atom. The highest BCUT2D eigenvalue weighted by Crippen LogP contribution is 2.28. The topological polar surface area (TPSA) is 43.1 Å². The second-order valence-corrected chi connectivity index (χ2v) is 5.55. The van der Waals surface area contributed by atoms with Crippen molar-refractivity contribution in [1.29, 1.82) is 0 Å². The number of hydrogen-bond acceptors (Lipinski definition) is 1. The van der Waals surface area contributed by atoms with E-state index in [1.54, 1.807) is 6.07 Å². The summed E-state index contributed by atoms with van der Waals surface area (Å²) < 4.78 is 0. The number of rotatable bonds is 5.